The number of likely N-dealkylation sites (tertiary alicyclic amines) is 1. The van der Waals surface area contributed by atoms with E-state index in [9.17, 15) is 4.79 Å². The van der Waals surface area contributed by atoms with Gasteiger partial charge in [0, 0.05) is 20.2 Å². The van der Waals surface area contributed by atoms with Crippen molar-refractivity contribution in [1.29, 1.82) is 0 Å². The Morgan fingerprint density at radius 2 is 2.40 bits per heavy atom. The summed E-state index contributed by atoms with van der Waals surface area (Å²) in [5, 5.41) is 3.18. The van der Waals surface area contributed by atoms with Gasteiger partial charge >= 0.3 is 0 Å². The Kier molecular flexibility index (Phi) is 5.65. The van der Waals surface area contributed by atoms with Crippen molar-refractivity contribution < 1.29 is 9.53 Å². The highest BCUT2D eigenvalue weighted by Crippen LogP contribution is 2.16. The molecule has 1 aliphatic rings. The van der Waals surface area contributed by atoms with Gasteiger partial charge in [-0.25, -0.2) is 0 Å². The molecule has 0 bridgehead atoms. The number of rotatable bonds is 5. The molecule has 1 saturated heterocycles. The van der Waals surface area contributed by atoms with Crippen molar-refractivity contribution in [2.75, 3.05) is 40.4 Å². The van der Waals surface area contributed by atoms with E-state index in [4.69, 9.17) is 4.74 Å². The molecule has 0 aromatic rings. The van der Waals surface area contributed by atoms with Crippen LogP contribution >= 0.6 is 0 Å². The van der Waals surface area contributed by atoms with Crippen LogP contribution in [-0.2, 0) is 9.53 Å². The van der Waals surface area contributed by atoms with E-state index in [1.807, 2.05) is 11.9 Å². The summed E-state index contributed by atoms with van der Waals surface area (Å²) in [6.45, 7) is 3.37. The van der Waals surface area contributed by atoms with Crippen molar-refractivity contribution in [2.45, 2.75) is 19.3 Å². The van der Waals surface area contributed by atoms with Crippen LogP contribution in [0.4, 0.5) is 0 Å². The Bertz CT molecular complexity index is 195. The molecule has 15 heavy (non-hydrogen) atoms. The van der Waals surface area contributed by atoms with E-state index in [1.165, 1.54) is 6.42 Å². The van der Waals surface area contributed by atoms with Crippen LogP contribution in [0.5, 0.6) is 0 Å². The molecule has 1 unspecified atom stereocenters. The van der Waals surface area contributed by atoms with Crippen molar-refractivity contribution >= 4 is 5.91 Å². The van der Waals surface area contributed by atoms with Crippen LogP contribution in [0.25, 0.3) is 0 Å². The maximum Gasteiger partial charge on any atom is 0.224 e. The van der Waals surface area contributed by atoms with Crippen LogP contribution in [0.15, 0.2) is 0 Å². The summed E-state index contributed by atoms with van der Waals surface area (Å²) in [6, 6.07) is 0. The van der Waals surface area contributed by atoms with E-state index < -0.39 is 0 Å². The number of nitrogens with one attached hydrogen (secondary N) is 1. The summed E-state index contributed by atoms with van der Waals surface area (Å²) in [7, 11) is 3.60. The van der Waals surface area contributed by atoms with Gasteiger partial charge in [0.2, 0.25) is 5.91 Å². The monoisotopic (exact) mass is 214 g/mol. The minimum absolute atomic E-state index is 0.234. The highest BCUT2D eigenvalue weighted by molar-refractivity contribution is 5.76. The van der Waals surface area contributed by atoms with Crippen LogP contribution in [0.3, 0.4) is 0 Å². The summed E-state index contributed by atoms with van der Waals surface area (Å²) in [6.07, 6.45) is 2.88. The molecule has 4 nitrogen and oxygen atoms in total. The number of carbonyl (C=O) groups excluding carboxylic acids is 1. The van der Waals surface area contributed by atoms with Crippen molar-refractivity contribution in [2.24, 2.45) is 5.92 Å². The highest BCUT2D eigenvalue weighted by Gasteiger charge is 2.22. The number of hydrogen-bond acceptors (Lipinski definition) is 3. The average molecular weight is 214 g/mol. The molecule has 0 aliphatic carbocycles. The first kappa shape index (κ1) is 12.5. The summed E-state index contributed by atoms with van der Waals surface area (Å²) in [5.41, 5.74) is 0. The number of amides is 1. The quantitative estimate of drug-likeness (QED) is 0.724. The van der Waals surface area contributed by atoms with Crippen molar-refractivity contribution in [3.8, 4) is 0 Å². The fraction of sp³-hybridized carbons (Fsp3) is 0.909. The van der Waals surface area contributed by atoms with Crippen LogP contribution in [-0.4, -0.2) is 51.2 Å². The molecule has 4 heteroatoms. The van der Waals surface area contributed by atoms with Crippen LogP contribution in [0, 0.1) is 5.92 Å². The van der Waals surface area contributed by atoms with Crippen molar-refractivity contribution in [1.82, 2.24) is 10.2 Å². The van der Waals surface area contributed by atoms with Gasteiger partial charge in [0.25, 0.3) is 0 Å². The van der Waals surface area contributed by atoms with Gasteiger partial charge in [0.05, 0.1) is 13.0 Å². The molecule has 0 aromatic carbocycles. The van der Waals surface area contributed by atoms with E-state index in [1.54, 1.807) is 7.11 Å². The molecular formula is C11H22N2O2. The molecule has 0 aromatic heterocycles. The molecule has 0 saturated carbocycles. The molecule has 1 N–H and O–H groups in total. The van der Waals surface area contributed by atoms with Gasteiger partial charge in [-0.15, -0.1) is 0 Å². The number of nitrogens with zero attached hydrogens (tertiary/aromatic N) is 1. The van der Waals surface area contributed by atoms with E-state index >= 15 is 0 Å². The molecular weight excluding hydrogens is 192 g/mol. The lowest BCUT2D eigenvalue weighted by atomic mass is 9.98. The second-order valence-electron chi connectivity index (χ2n) is 4.15. The highest BCUT2D eigenvalue weighted by atomic mass is 16.5. The fourth-order valence-corrected chi connectivity index (χ4v) is 2.09. The molecule has 0 radical (unpaired) electrons. The second-order valence-corrected chi connectivity index (χ2v) is 4.15. The summed E-state index contributed by atoms with van der Waals surface area (Å²) < 4.78 is 4.92. The first-order valence-corrected chi connectivity index (χ1v) is 5.69. The number of hydrogen-bond donors (Lipinski definition) is 1. The van der Waals surface area contributed by atoms with E-state index in [2.05, 4.69) is 5.32 Å². The Hall–Kier alpha value is -0.610. The van der Waals surface area contributed by atoms with Crippen molar-refractivity contribution in [3.63, 3.8) is 0 Å². The van der Waals surface area contributed by atoms with E-state index in [0.29, 0.717) is 18.9 Å². The minimum Gasteiger partial charge on any atom is -0.384 e. The Morgan fingerprint density at radius 1 is 1.60 bits per heavy atom. The van der Waals surface area contributed by atoms with Crippen LogP contribution in [0.1, 0.15) is 19.3 Å². The van der Waals surface area contributed by atoms with Crippen LogP contribution in [0.2, 0.25) is 0 Å². The zero-order chi connectivity index (χ0) is 11.1. The number of piperidine rings is 1. The first-order chi connectivity index (χ1) is 7.27. The summed E-state index contributed by atoms with van der Waals surface area (Å²) in [4.78, 5) is 13.7. The van der Waals surface area contributed by atoms with Gasteiger partial charge in [-0.2, -0.15) is 0 Å². The van der Waals surface area contributed by atoms with E-state index in [0.717, 1.165) is 26.1 Å². The first-order valence-electron chi connectivity index (χ1n) is 5.69. The lowest BCUT2D eigenvalue weighted by Crippen LogP contribution is -2.42. The largest absolute Gasteiger partial charge is 0.384 e. The van der Waals surface area contributed by atoms with E-state index in [-0.39, 0.29) is 5.91 Å². The third-order valence-corrected chi connectivity index (χ3v) is 2.88. The molecule has 1 atom stereocenters. The van der Waals surface area contributed by atoms with Gasteiger partial charge in [-0.05, 0) is 32.4 Å². The van der Waals surface area contributed by atoms with Crippen molar-refractivity contribution in [3.05, 3.63) is 0 Å². The molecule has 1 fully saturated rings. The van der Waals surface area contributed by atoms with Gasteiger partial charge in [0.1, 0.15) is 0 Å². The number of methoxy groups -OCH3 is 1. The van der Waals surface area contributed by atoms with Gasteiger partial charge in [-0.1, -0.05) is 0 Å². The standard InChI is InChI=1S/C11H22N2O2/c1-12-8-10-4-3-6-13(9-10)11(14)5-7-15-2/h10,12H,3-9H2,1-2H3. The lowest BCUT2D eigenvalue weighted by Gasteiger charge is -2.32. The maximum atomic E-state index is 11.7. The van der Waals surface area contributed by atoms with Gasteiger partial charge < -0.3 is 15.0 Å². The third-order valence-electron chi connectivity index (χ3n) is 2.88. The second kappa shape index (κ2) is 6.80. The lowest BCUT2D eigenvalue weighted by molar-refractivity contribution is -0.133. The Labute approximate surface area is 92.0 Å². The number of carbonyl (C=O) groups is 1. The maximum absolute atomic E-state index is 11.7. The normalized spacial score (nSPS) is 21.7. The van der Waals surface area contributed by atoms with Gasteiger partial charge in [0.15, 0.2) is 0 Å². The summed E-state index contributed by atoms with van der Waals surface area (Å²) in [5.74, 6) is 0.855. The summed E-state index contributed by atoms with van der Waals surface area (Å²) >= 11 is 0. The predicted molar refractivity (Wildman–Crippen MR) is 59.7 cm³/mol. The average Bonchev–Trinajstić information content (AvgIpc) is 2.27. The predicted octanol–water partition coefficient (Wildman–Crippen LogP) is 0.481. The molecule has 88 valence electrons. The topological polar surface area (TPSA) is 41.6 Å². The molecule has 1 amide bonds. The Balaban J connectivity index is 2.31. The molecule has 1 rings (SSSR count). The SMILES string of the molecule is CNCC1CCCN(C(=O)CCOC)C1. The van der Waals surface area contributed by atoms with Gasteiger partial charge in [-0.3, -0.25) is 4.79 Å². The fourth-order valence-electron chi connectivity index (χ4n) is 2.09. The zero-order valence-corrected chi connectivity index (χ0v) is 9.79. The molecule has 1 aliphatic heterocycles. The molecule has 0 spiro atoms. The molecule has 1 heterocycles. The Morgan fingerprint density at radius 3 is 3.07 bits per heavy atom. The zero-order valence-electron chi connectivity index (χ0n) is 9.79. The van der Waals surface area contributed by atoms with Crippen LogP contribution < -0.4 is 5.32 Å². The minimum atomic E-state index is 0.234. The smallest absolute Gasteiger partial charge is 0.224 e. The third kappa shape index (κ3) is 4.18. The number of ether oxygens (including phenoxy) is 1.